The Morgan fingerprint density at radius 1 is 1.60 bits per heavy atom. The van der Waals surface area contributed by atoms with Crippen molar-refractivity contribution < 1.29 is 4.79 Å². The molecule has 4 N–H and O–H groups in total. The van der Waals surface area contributed by atoms with Crippen molar-refractivity contribution >= 4 is 5.91 Å². The van der Waals surface area contributed by atoms with E-state index in [0.717, 1.165) is 29.8 Å². The number of rotatable bonds is 4. The molecule has 0 aliphatic heterocycles. The minimum absolute atomic E-state index is 0.338. The average Bonchev–Trinajstić information content (AvgIpc) is 2.92. The quantitative estimate of drug-likeness (QED) is 0.665. The number of primary amides is 1. The molecular weight excluding hydrogens is 192 g/mol. The molecular formula is C10H16N4O. The van der Waals surface area contributed by atoms with E-state index in [2.05, 4.69) is 15.5 Å². The smallest absolute Gasteiger partial charge is 0.239 e. The number of nitrogens with one attached hydrogen (secondary N) is 2. The van der Waals surface area contributed by atoms with Gasteiger partial charge in [0.05, 0.1) is 5.69 Å². The summed E-state index contributed by atoms with van der Waals surface area (Å²) in [6.07, 6.45) is 2.25. The number of amides is 1. The van der Waals surface area contributed by atoms with Gasteiger partial charge in [0, 0.05) is 17.3 Å². The second-order valence-corrected chi connectivity index (χ2v) is 4.12. The molecule has 1 saturated carbocycles. The summed E-state index contributed by atoms with van der Waals surface area (Å²) < 4.78 is 0. The zero-order chi connectivity index (χ0) is 11.0. The molecule has 0 spiro atoms. The third-order valence-corrected chi connectivity index (χ3v) is 2.74. The van der Waals surface area contributed by atoms with Gasteiger partial charge in [0.2, 0.25) is 5.91 Å². The van der Waals surface area contributed by atoms with Crippen LogP contribution in [0.4, 0.5) is 0 Å². The van der Waals surface area contributed by atoms with E-state index in [9.17, 15) is 4.79 Å². The van der Waals surface area contributed by atoms with Gasteiger partial charge in [-0.3, -0.25) is 15.2 Å². The number of nitrogens with zero attached hydrogens (tertiary/aromatic N) is 1. The molecule has 1 heterocycles. The highest BCUT2D eigenvalue weighted by molar-refractivity contribution is 5.82. The zero-order valence-electron chi connectivity index (χ0n) is 9.00. The van der Waals surface area contributed by atoms with Gasteiger partial charge in [-0.1, -0.05) is 0 Å². The van der Waals surface area contributed by atoms with Crippen molar-refractivity contribution in [2.45, 2.75) is 38.8 Å². The van der Waals surface area contributed by atoms with Crippen LogP contribution in [0.2, 0.25) is 0 Å². The lowest BCUT2D eigenvalue weighted by Crippen LogP contribution is -2.35. The van der Waals surface area contributed by atoms with Crippen LogP contribution in [-0.2, 0) is 4.79 Å². The van der Waals surface area contributed by atoms with E-state index in [1.165, 1.54) is 0 Å². The van der Waals surface area contributed by atoms with Crippen LogP contribution >= 0.6 is 0 Å². The predicted octanol–water partition coefficient (Wildman–Crippen LogP) is 0.305. The zero-order valence-corrected chi connectivity index (χ0v) is 9.00. The molecule has 1 atom stereocenters. The minimum atomic E-state index is -0.406. The fraction of sp³-hybridized carbons (Fsp3) is 0.600. The molecule has 5 heteroatoms. The predicted molar refractivity (Wildman–Crippen MR) is 56.2 cm³/mol. The highest BCUT2D eigenvalue weighted by atomic mass is 16.1. The van der Waals surface area contributed by atoms with Crippen LogP contribution in [0, 0.1) is 13.8 Å². The van der Waals surface area contributed by atoms with Crippen molar-refractivity contribution in [3.63, 3.8) is 0 Å². The van der Waals surface area contributed by atoms with Crippen LogP contribution in [-0.4, -0.2) is 22.1 Å². The van der Waals surface area contributed by atoms with Gasteiger partial charge in [0.15, 0.2) is 0 Å². The summed E-state index contributed by atoms with van der Waals surface area (Å²) >= 11 is 0. The highest BCUT2D eigenvalue weighted by Crippen LogP contribution is 2.26. The van der Waals surface area contributed by atoms with Gasteiger partial charge in [0.1, 0.15) is 6.04 Å². The van der Waals surface area contributed by atoms with Gasteiger partial charge in [-0.15, -0.1) is 0 Å². The number of H-pyrrole nitrogens is 1. The molecule has 1 amide bonds. The maximum Gasteiger partial charge on any atom is 0.239 e. The van der Waals surface area contributed by atoms with Gasteiger partial charge >= 0.3 is 0 Å². The topological polar surface area (TPSA) is 83.8 Å². The molecule has 1 aromatic heterocycles. The Kier molecular flexibility index (Phi) is 2.48. The first-order valence-electron chi connectivity index (χ1n) is 5.16. The molecule has 1 unspecified atom stereocenters. The Balaban J connectivity index is 2.26. The lowest BCUT2D eigenvalue weighted by molar-refractivity contribution is -0.120. The molecule has 0 radical (unpaired) electrons. The third-order valence-electron chi connectivity index (χ3n) is 2.74. The Morgan fingerprint density at radius 2 is 2.27 bits per heavy atom. The molecule has 15 heavy (non-hydrogen) atoms. The second kappa shape index (κ2) is 3.66. The third kappa shape index (κ3) is 2.02. The fourth-order valence-electron chi connectivity index (χ4n) is 1.78. The first-order chi connectivity index (χ1) is 7.09. The van der Waals surface area contributed by atoms with E-state index in [1.54, 1.807) is 0 Å². The van der Waals surface area contributed by atoms with Crippen LogP contribution in [0.5, 0.6) is 0 Å². The van der Waals surface area contributed by atoms with Gasteiger partial charge in [-0.2, -0.15) is 5.10 Å². The summed E-state index contributed by atoms with van der Waals surface area (Å²) in [6, 6.07) is 0.0347. The lowest BCUT2D eigenvalue weighted by Gasteiger charge is -2.15. The molecule has 1 aromatic rings. The van der Waals surface area contributed by atoms with Crippen molar-refractivity contribution in [3.8, 4) is 0 Å². The molecule has 1 aliphatic carbocycles. The molecule has 0 saturated heterocycles. The Bertz CT molecular complexity index is 361. The number of hydrogen-bond donors (Lipinski definition) is 3. The van der Waals surface area contributed by atoms with E-state index in [-0.39, 0.29) is 5.91 Å². The van der Waals surface area contributed by atoms with Gasteiger partial charge in [-0.05, 0) is 26.7 Å². The molecule has 1 fully saturated rings. The number of nitrogens with two attached hydrogens (primary N) is 1. The summed E-state index contributed by atoms with van der Waals surface area (Å²) in [5.41, 5.74) is 8.04. The van der Waals surface area contributed by atoms with Gasteiger partial charge < -0.3 is 5.73 Å². The van der Waals surface area contributed by atoms with E-state index in [4.69, 9.17) is 5.73 Å². The maximum absolute atomic E-state index is 11.4. The first kappa shape index (κ1) is 10.2. The molecule has 0 bridgehead atoms. The maximum atomic E-state index is 11.4. The number of aromatic nitrogens is 2. The summed E-state index contributed by atoms with van der Waals surface area (Å²) in [4.78, 5) is 11.4. The van der Waals surface area contributed by atoms with Crippen LogP contribution in [0.1, 0.15) is 35.8 Å². The van der Waals surface area contributed by atoms with Gasteiger partial charge in [-0.25, -0.2) is 0 Å². The molecule has 1 aliphatic rings. The Labute approximate surface area is 88.4 Å². The van der Waals surface area contributed by atoms with Crippen LogP contribution < -0.4 is 11.1 Å². The van der Waals surface area contributed by atoms with Crippen molar-refractivity contribution in [2.24, 2.45) is 5.73 Å². The lowest BCUT2D eigenvalue weighted by atomic mass is 10.0. The summed E-state index contributed by atoms with van der Waals surface area (Å²) in [5.74, 6) is -0.338. The van der Waals surface area contributed by atoms with Crippen molar-refractivity contribution in [3.05, 3.63) is 17.0 Å². The standard InChI is InChI=1S/C10H16N4O/c1-5-8(6(2)14-13-5)9(10(11)15)12-7-3-4-7/h7,9,12H,3-4H2,1-2H3,(H2,11,15)(H,13,14). The fourth-order valence-corrected chi connectivity index (χ4v) is 1.78. The monoisotopic (exact) mass is 208 g/mol. The van der Waals surface area contributed by atoms with E-state index in [0.29, 0.717) is 6.04 Å². The van der Waals surface area contributed by atoms with Crippen molar-refractivity contribution in [1.82, 2.24) is 15.5 Å². The average molecular weight is 208 g/mol. The summed E-state index contributed by atoms with van der Waals surface area (Å²) in [5, 5.41) is 10.2. The Morgan fingerprint density at radius 3 is 2.67 bits per heavy atom. The summed E-state index contributed by atoms with van der Waals surface area (Å²) in [6.45, 7) is 3.78. The number of aromatic amines is 1. The SMILES string of the molecule is Cc1n[nH]c(C)c1C(NC1CC1)C(N)=O. The molecule has 0 aromatic carbocycles. The normalized spacial score (nSPS) is 17.7. The second-order valence-electron chi connectivity index (χ2n) is 4.12. The summed E-state index contributed by atoms with van der Waals surface area (Å²) in [7, 11) is 0. The number of carbonyl (C=O) groups excluding carboxylic acids is 1. The minimum Gasteiger partial charge on any atom is -0.368 e. The number of aryl methyl sites for hydroxylation is 2. The molecule has 5 nitrogen and oxygen atoms in total. The first-order valence-corrected chi connectivity index (χ1v) is 5.16. The van der Waals surface area contributed by atoms with Crippen LogP contribution in [0.15, 0.2) is 0 Å². The molecule has 82 valence electrons. The largest absolute Gasteiger partial charge is 0.368 e. The van der Waals surface area contributed by atoms with E-state index >= 15 is 0 Å². The Hall–Kier alpha value is -1.36. The van der Waals surface area contributed by atoms with E-state index < -0.39 is 6.04 Å². The van der Waals surface area contributed by atoms with E-state index in [1.807, 2.05) is 13.8 Å². The highest BCUT2D eigenvalue weighted by Gasteiger charge is 2.30. The number of hydrogen-bond acceptors (Lipinski definition) is 3. The van der Waals surface area contributed by atoms with Crippen molar-refractivity contribution in [1.29, 1.82) is 0 Å². The molecule has 2 rings (SSSR count). The number of carbonyl (C=O) groups is 1. The van der Waals surface area contributed by atoms with Crippen LogP contribution in [0.25, 0.3) is 0 Å². The van der Waals surface area contributed by atoms with Gasteiger partial charge in [0.25, 0.3) is 0 Å². The van der Waals surface area contributed by atoms with Crippen molar-refractivity contribution in [2.75, 3.05) is 0 Å². The van der Waals surface area contributed by atoms with Crippen LogP contribution in [0.3, 0.4) is 0 Å².